The van der Waals surface area contributed by atoms with Gasteiger partial charge in [0.25, 0.3) is 0 Å². The van der Waals surface area contributed by atoms with Crippen molar-refractivity contribution in [2.45, 2.75) is 85.6 Å². The quantitative estimate of drug-likeness (QED) is 0.733. The Morgan fingerprint density at radius 3 is 2.33 bits per heavy atom. The van der Waals surface area contributed by atoms with Gasteiger partial charge in [-0.1, -0.05) is 60.3 Å². The summed E-state index contributed by atoms with van der Waals surface area (Å²) in [5.74, 6) is 2.46. The topological polar surface area (TPSA) is 26.0 Å². The Balaban J connectivity index is 2.45. The van der Waals surface area contributed by atoms with Crippen LogP contribution in [0.15, 0.2) is 0 Å². The molecule has 0 aromatic rings. The average Bonchev–Trinajstić information content (AvgIpc) is 2.26. The summed E-state index contributed by atoms with van der Waals surface area (Å²) in [6, 6.07) is 0.438. The summed E-state index contributed by atoms with van der Waals surface area (Å²) in [4.78, 5) is 0. The normalized spacial score (nSPS) is 29.0. The third-order valence-electron chi connectivity index (χ3n) is 4.68. The van der Waals surface area contributed by atoms with Gasteiger partial charge in [0.15, 0.2) is 0 Å². The Morgan fingerprint density at radius 1 is 1.17 bits per heavy atom. The molecule has 0 bridgehead atoms. The van der Waals surface area contributed by atoms with Crippen molar-refractivity contribution in [2.24, 2.45) is 28.9 Å². The predicted molar refractivity (Wildman–Crippen MR) is 81.6 cm³/mol. The van der Waals surface area contributed by atoms with E-state index < -0.39 is 0 Å². The largest absolute Gasteiger partial charge is 0.327 e. The standard InChI is InChI=1S/C17H35N/c1-6-14-9-7-8-10-15(14)16(18)11-13(2)12-17(3,4)5/h13-16H,6-12,18H2,1-5H3. The third-order valence-corrected chi connectivity index (χ3v) is 4.68. The lowest BCUT2D eigenvalue weighted by Gasteiger charge is -2.36. The summed E-state index contributed by atoms with van der Waals surface area (Å²) < 4.78 is 0. The lowest BCUT2D eigenvalue weighted by Crippen LogP contribution is -2.38. The highest BCUT2D eigenvalue weighted by Gasteiger charge is 2.30. The molecule has 108 valence electrons. The second-order valence-electron chi connectivity index (χ2n) is 7.89. The molecule has 0 aromatic carbocycles. The van der Waals surface area contributed by atoms with Crippen LogP contribution in [-0.4, -0.2) is 6.04 Å². The van der Waals surface area contributed by atoms with Crippen LogP contribution in [-0.2, 0) is 0 Å². The zero-order valence-corrected chi connectivity index (χ0v) is 13.3. The molecule has 1 aliphatic carbocycles. The van der Waals surface area contributed by atoms with Crippen LogP contribution in [0.3, 0.4) is 0 Å². The fraction of sp³-hybridized carbons (Fsp3) is 1.00. The highest BCUT2D eigenvalue weighted by Crippen LogP contribution is 2.36. The Kier molecular flexibility index (Phi) is 6.17. The van der Waals surface area contributed by atoms with Gasteiger partial charge in [-0.2, -0.15) is 0 Å². The molecule has 0 heterocycles. The van der Waals surface area contributed by atoms with Crippen molar-refractivity contribution in [1.82, 2.24) is 0 Å². The number of rotatable bonds is 5. The minimum Gasteiger partial charge on any atom is -0.327 e. The van der Waals surface area contributed by atoms with E-state index in [1.165, 1.54) is 44.9 Å². The number of nitrogens with two attached hydrogens (primary N) is 1. The molecule has 1 aliphatic rings. The van der Waals surface area contributed by atoms with Gasteiger partial charge in [-0.05, 0) is 42.4 Å². The van der Waals surface area contributed by atoms with Gasteiger partial charge in [0.05, 0.1) is 0 Å². The molecular formula is C17H35N. The van der Waals surface area contributed by atoms with Crippen LogP contribution in [0.25, 0.3) is 0 Å². The van der Waals surface area contributed by atoms with Crippen LogP contribution < -0.4 is 5.73 Å². The van der Waals surface area contributed by atoms with E-state index in [1.807, 2.05) is 0 Å². The third kappa shape index (κ3) is 5.30. The first-order chi connectivity index (χ1) is 8.33. The van der Waals surface area contributed by atoms with E-state index in [2.05, 4.69) is 34.6 Å². The molecule has 0 spiro atoms. The Bertz CT molecular complexity index is 228. The van der Waals surface area contributed by atoms with Gasteiger partial charge >= 0.3 is 0 Å². The Morgan fingerprint density at radius 2 is 1.78 bits per heavy atom. The summed E-state index contributed by atoms with van der Waals surface area (Å²) >= 11 is 0. The minimum absolute atomic E-state index is 0.438. The van der Waals surface area contributed by atoms with Gasteiger partial charge in [-0.3, -0.25) is 0 Å². The molecule has 0 aromatic heterocycles. The second-order valence-corrected chi connectivity index (χ2v) is 7.89. The first kappa shape index (κ1) is 16.0. The van der Waals surface area contributed by atoms with Crippen molar-refractivity contribution >= 4 is 0 Å². The molecule has 1 rings (SSSR count). The van der Waals surface area contributed by atoms with Crippen molar-refractivity contribution in [2.75, 3.05) is 0 Å². The Labute approximate surface area is 115 Å². The lowest BCUT2D eigenvalue weighted by molar-refractivity contribution is 0.171. The van der Waals surface area contributed by atoms with Crippen LogP contribution in [0.1, 0.15) is 79.6 Å². The van der Waals surface area contributed by atoms with Crippen molar-refractivity contribution in [1.29, 1.82) is 0 Å². The summed E-state index contributed by atoms with van der Waals surface area (Å²) in [7, 11) is 0. The van der Waals surface area contributed by atoms with Crippen LogP contribution in [0.5, 0.6) is 0 Å². The van der Waals surface area contributed by atoms with E-state index in [0.717, 1.165) is 17.8 Å². The summed E-state index contributed by atoms with van der Waals surface area (Å²) in [5.41, 5.74) is 6.97. The van der Waals surface area contributed by atoms with E-state index in [-0.39, 0.29) is 0 Å². The molecule has 0 saturated heterocycles. The molecule has 0 aliphatic heterocycles. The molecule has 1 nitrogen and oxygen atoms in total. The molecule has 1 saturated carbocycles. The fourth-order valence-electron chi connectivity index (χ4n) is 4.08. The van der Waals surface area contributed by atoms with E-state index in [9.17, 15) is 0 Å². The molecule has 1 heteroatoms. The van der Waals surface area contributed by atoms with E-state index >= 15 is 0 Å². The monoisotopic (exact) mass is 253 g/mol. The summed E-state index contributed by atoms with van der Waals surface area (Å²) in [6.07, 6.45) is 9.47. The Hall–Kier alpha value is -0.0400. The summed E-state index contributed by atoms with van der Waals surface area (Å²) in [6.45, 7) is 11.7. The van der Waals surface area contributed by atoms with E-state index in [1.54, 1.807) is 0 Å². The number of hydrogen-bond donors (Lipinski definition) is 1. The maximum absolute atomic E-state index is 6.53. The first-order valence-electron chi connectivity index (χ1n) is 8.09. The first-order valence-corrected chi connectivity index (χ1v) is 8.09. The second kappa shape index (κ2) is 6.93. The molecule has 2 N–H and O–H groups in total. The lowest BCUT2D eigenvalue weighted by atomic mass is 9.71. The maximum atomic E-state index is 6.53. The van der Waals surface area contributed by atoms with Crippen LogP contribution in [0.4, 0.5) is 0 Å². The van der Waals surface area contributed by atoms with Gasteiger partial charge in [-0.15, -0.1) is 0 Å². The zero-order chi connectivity index (χ0) is 13.8. The molecule has 4 unspecified atom stereocenters. The van der Waals surface area contributed by atoms with Gasteiger partial charge in [0, 0.05) is 6.04 Å². The molecule has 0 radical (unpaired) electrons. The SMILES string of the molecule is CCC1CCCCC1C(N)CC(C)CC(C)(C)C. The number of hydrogen-bond acceptors (Lipinski definition) is 1. The molecule has 1 fully saturated rings. The van der Waals surface area contributed by atoms with Crippen molar-refractivity contribution < 1.29 is 0 Å². The average molecular weight is 253 g/mol. The maximum Gasteiger partial charge on any atom is 0.00723 e. The van der Waals surface area contributed by atoms with Gasteiger partial charge < -0.3 is 5.73 Å². The van der Waals surface area contributed by atoms with E-state index in [4.69, 9.17) is 5.73 Å². The molecule has 18 heavy (non-hydrogen) atoms. The van der Waals surface area contributed by atoms with Crippen LogP contribution >= 0.6 is 0 Å². The van der Waals surface area contributed by atoms with Gasteiger partial charge in [-0.25, -0.2) is 0 Å². The molecule has 4 atom stereocenters. The van der Waals surface area contributed by atoms with Gasteiger partial charge in [0.1, 0.15) is 0 Å². The summed E-state index contributed by atoms with van der Waals surface area (Å²) in [5, 5.41) is 0. The zero-order valence-electron chi connectivity index (χ0n) is 13.3. The van der Waals surface area contributed by atoms with Crippen molar-refractivity contribution in [3.05, 3.63) is 0 Å². The van der Waals surface area contributed by atoms with Crippen LogP contribution in [0.2, 0.25) is 0 Å². The fourth-order valence-corrected chi connectivity index (χ4v) is 4.08. The van der Waals surface area contributed by atoms with Crippen LogP contribution in [0, 0.1) is 23.2 Å². The highest BCUT2D eigenvalue weighted by molar-refractivity contribution is 4.84. The van der Waals surface area contributed by atoms with E-state index in [0.29, 0.717) is 11.5 Å². The molecular weight excluding hydrogens is 218 g/mol. The predicted octanol–water partition coefficient (Wildman–Crippen LogP) is 4.99. The highest BCUT2D eigenvalue weighted by atomic mass is 14.7. The van der Waals surface area contributed by atoms with Crippen molar-refractivity contribution in [3.8, 4) is 0 Å². The minimum atomic E-state index is 0.438. The molecule has 0 amide bonds. The van der Waals surface area contributed by atoms with Gasteiger partial charge in [0.2, 0.25) is 0 Å². The van der Waals surface area contributed by atoms with Crippen molar-refractivity contribution in [3.63, 3.8) is 0 Å². The smallest absolute Gasteiger partial charge is 0.00723 e.